The van der Waals surface area contributed by atoms with E-state index in [9.17, 15) is 9.59 Å². The molecule has 3 rings (SSSR count). The average molecular weight is 397 g/mol. The number of hydrogen-bond acceptors (Lipinski definition) is 6. The van der Waals surface area contributed by atoms with Gasteiger partial charge in [0.25, 0.3) is 5.91 Å². The van der Waals surface area contributed by atoms with Crippen LogP contribution in [-0.2, 0) is 4.74 Å². The van der Waals surface area contributed by atoms with Gasteiger partial charge in [0.05, 0.1) is 18.2 Å². The molecule has 1 amide bonds. The maximum atomic E-state index is 12.4. The van der Waals surface area contributed by atoms with E-state index >= 15 is 0 Å². The topological polar surface area (TPSA) is 93.2 Å². The van der Waals surface area contributed by atoms with Crippen LogP contribution in [0.2, 0.25) is 5.02 Å². The summed E-state index contributed by atoms with van der Waals surface area (Å²) >= 11 is 6.10. The molecule has 0 aliphatic heterocycles. The van der Waals surface area contributed by atoms with E-state index in [0.29, 0.717) is 22.2 Å². The molecule has 0 aliphatic carbocycles. The second kappa shape index (κ2) is 8.49. The van der Waals surface area contributed by atoms with Gasteiger partial charge in [0.15, 0.2) is 0 Å². The van der Waals surface area contributed by atoms with E-state index < -0.39 is 11.9 Å². The Labute approximate surface area is 166 Å². The Bertz CT molecular complexity index is 1020. The van der Waals surface area contributed by atoms with Crippen molar-refractivity contribution in [3.8, 4) is 0 Å². The van der Waals surface area contributed by atoms with Crippen LogP contribution in [0.1, 0.15) is 26.3 Å². The van der Waals surface area contributed by atoms with Gasteiger partial charge in [0, 0.05) is 28.8 Å². The fourth-order valence-electron chi connectivity index (χ4n) is 2.35. The highest BCUT2D eigenvalue weighted by Gasteiger charge is 2.11. The van der Waals surface area contributed by atoms with Gasteiger partial charge in [-0.3, -0.25) is 4.79 Å². The zero-order valence-electron chi connectivity index (χ0n) is 15.2. The molecule has 2 N–H and O–H groups in total. The smallest absolute Gasteiger partial charge is 0.337 e. The summed E-state index contributed by atoms with van der Waals surface area (Å²) in [5, 5.41) is 6.35. The molecule has 0 aliphatic rings. The molecule has 8 heteroatoms. The number of amides is 1. The van der Waals surface area contributed by atoms with Crippen LogP contribution >= 0.6 is 11.6 Å². The molecule has 0 saturated heterocycles. The van der Waals surface area contributed by atoms with Crippen molar-refractivity contribution in [1.82, 2.24) is 9.97 Å². The average Bonchev–Trinajstić information content (AvgIpc) is 2.71. The number of ether oxygens (including phenoxy) is 1. The molecule has 2 aromatic carbocycles. The Morgan fingerprint density at radius 3 is 2.43 bits per heavy atom. The highest BCUT2D eigenvalue weighted by Crippen LogP contribution is 2.22. The molecular formula is C20H17ClN4O3. The number of nitrogens with one attached hydrogen (secondary N) is 2. The fraction of sp³-hybridized carbons (Fsp3) is 0.100. The van der Waals surface area contributed by atoms with E-state index in [2.05, 4.69) is 25.3 Å². The van der Waals surface area contributed by atoms with Gasteiger partial charge >= 0.3 is 5.97 Å². The van der Waals surface area contributed by atoms with Crippen LogP contribution in [0.4, 0.5) is 17.3 Å². The lowest BCUT2D eigenvalue weighted by atomic mass is 10.2. The number of carbonyl (C=O) groups excluding carboxylic acids is 2. The Morgan fingerprint density at radius 2 is 1.75 bits per heavy atom. The summed E-state index contributed by atoms with van der Waals surface area (Å²) in [7, 11) is 1.30. The van der Waals surface area contributed by atoms with Crippen molar-refractivity contribution in [2.24, 2.45) is 0 Å². The van der Waals surface area contributed by atoms with Gasteiger partial charge in [-0.25, -0.2) is 14.8 Å². The minimum atomic E-state index is -0.480. The number of hydrogen-bond donors (Lipinski definition) is 2. The van der Waals surface area contributed by atoms with Gasteiger partial charge in [-0.05, 0) is 42.8 Å². The van der Waals surface area contributed by atoms with Crippen molar-refractivity contribution in [1.29, 1.82) is 0 Å². The lowest BCUT2D eigenvalue weighted by Gasteiger charge is -2.08. The summed E-state index contributed by atoms with van der Waals surface area (Å²) in [6.45, 7) is 1.91. The third-order valence-corrected chi connectivity index (χ3v) is 4.29. The van der Waals surface area contributed by atoms with Gasteiger partial charge in [-0.15, -0.1) is 0 Å². The lowest BCUT2D eigenvalue weighted by Crippen LogP contribution is -2.13. The second-order valence-corrected chi connectivity index (χ2v) is 6.32. The first-order valence-corrected chi connectivity index (χ1v) is 8.69. The number of aromatic nitrogens is 2. The maximum Gasteiger partial charge on any atom is 0.337 e. The largest absolute Gasteiger partial charge is 0.465 e. The second-order valence-electron chi connectivity index (χ2n) is 5.91. The first kappa shape index (κ1) is 19.3. The van der Waals surface area contributed by atoms with Crippen molar-refractivity contribution < 1.29 is 14.3 Å². The Kier molecular flexibility index (Phi) is 5.86. The lowest BCUT2D eigenvalue weighted by molar-refractivity contribution is 0.0600. The summed E-state index contributed by atoms with van der Waals surface area (Å²) in [5.74, 6) is -0.540. The molecular weight excluding hydrogens is 380 g/mol. The summed E-state index contributed by atoms with van der Waals surface area (Å²) in [6.07, 6.45) is 2.81. The van der Waals surface area contributed by atoms with Crippen LogP contribution in [0.5, 0.6) is 0 Å². The number of aryl methyl sites for hydroxylation is 1. The Balaban J connectivity index is 1.68. The van der Waals surface area contributed by atoms with Gasteiger partial charge in [-0.1, -0.05) is 23.7 Å². The molecule has 142 valence electrons. The number of halogens is 1. The first-order chi connectivity index (χ1) is 13.5. The van der Waals surface area contributed by atoms with Crippen molar-refractivity contribution in [3.05, 3.63) is 76.6 Å². The van der Waals surface area contributed by atoms with Crippen LogP contribution < -0.4 is 10.6 Å². The molecule has 0 unspecified atom stereocenters. The minimum absolute atomic E-state index is 0.274. The summed E-state index contributed by atoms with van der Waals surface area (Å²) in [4.78, 5) is 32.2. The third-order valence-electron chi connectivity index (χ3n) is 3.88. The number of esters is 1. The van der Waals surface area contributed by atoms with Gasteiger partial charge in [0.1, 0.15) is 0 Å². The molecule has 0 radical (unpaired) electrons. The van der Waals surface area contributed by atoms with E-state index in [0.717, 1.165) is 11.3 Å². The van der Waals surface area contributed by atoms with Crippen molar-refractivity contribution in [2.45, 2.75) is 6.92 Å². The van der Waals surface area contributed by atoms with E-state index in [1.807, 2.05) is 19.1 Å². The molecule has 0 atom stereocenters. The monoisotopic (exact) mass is 396 g/mol. The van der Waals surface area contributed by atoms with Crippen molar-refractivity contribution in [3.63, 3.8) is 0 Å². The normalized spacial score (nSPS) is 10.2. The minimum Gasteiger partial charge on any atom is -0.465 e. The number of anilines is 3. The van der Waals surface area contributed by atoms with Crippen LogP contribution in [0.15, 0.2) is 54.9 Å². The molecule has 0 bridgehead atoms. The van der Waals surface area contributed by atoms with Crippen LogP contribution in [0.25, 0.3) is 0 Å². The molecule has 0 spiro atoms. The first-order valence-electron chi connectivity index (χ1n) is 8.31. The number of rotatable bonds is 5. The van der Waals surface area contributed by atoms with Crippen molar-refractivity contribution in [2.75, 3.05) is 17.7 Å². The fourth-order valence-corrected chi connectivity index (χ4v) is 2.54. The van der Waals surface area contributed by atoms with E-state index in [1.54, 1.807) is 24.3 Å². The van der Waals surface area contributed by atoms with E-state index in [-0.39, 0.29) is 5.56 Å². The zero-order valence-corrected chi connectivity index (χ0v) is 15.9. The zero-order chi connectivity index (χ0) is 20.1. The quantitative estimate of drug-likeness (QED) is 0.627. The SMILES string of the molecule is COC(=O)c1cccc(NC(=O)c2cnc(Nc3ccc(C)c(Cl)c3)nc2)c1. The predicted molar refractivity (Wildman–Crippen MR) is 107 cm³/mol. The van der Waals surface area contributed by atoms with Gasteiger partial charge < -0.3 is 15.4 Å². The molecule has 1 heterocycles. The summed E-state index contributed by atoms with van der Waals surface area (Å²) in [5.41, 5.74) is 2.79. The molecule has 0 saturated carbocycles. The highest BCUT2D eigenvalue weighted by atomic mass is 35.5. The highest BCUT2D eigenvalue weighted by molar-refractivity contribution is 6.31. The Morgan fingerprint density at radius 1 is 1.00 bits per heavy atom. The van der Waals surface area contributed by atoms with E-state index in [4.69, 9.17) is 11.6 Å². The van der Waals surface area contributed by atoms with E-state index in [1.165, 1.54) is 25.6 Å². The molecule has 7 nitrogen and oxygen atoms in total. The number of methoxy groups -OCH3 is 1. The molecule has 1 aromatic heterocycles. The maximum absolute atomic E-state index is 12.4. The van der Waals surface area contributed by atoms with Gasteiger partial charge in [0.2, 0.25) is 5.95 Å². The summed E-state index contributed by atoms with van der Waals surface area (Å²) in [6, 6.07) is 12.0. The van der Waals surface area contributed by atoms with Crippen LogP contribution in [0, 0.1) is 6.92 Å². The standard InChI is InChI=1S/C20H17ClN4O3/c1-12-6-7-16(9-17(12)21)25-20-22-10-14(11-23-20)18(26)24-15-5-3-4-13(8-15)19(27)28-2/h3-11H,1-2H3,(H,24,26)(H,22,23,25). The third kappa shape index (κ3) is 4.63. The molecule has 3 aromatic rings. The number of benzene rings is 2. The Hall–Kier alpha value is -3.45. The van der Waals surface area contributed by atoms with Crippen molar-refractivity contribution >= 4 is 40.8 Å². The summed E-state index contributed by atoms with van der Waals surface area (Å²) < 4.78 is 4.67. The molecule has 0 fully saturated rings. The van der Waals surface area contributed by atoms with Crippen LogP contribution in [0.3, 0.4) is 0 Å². The number of carbonyl (C=O) groups is 2. The van der Waals surface area contributed by atoms with Crippen LogP contribution in [-0.4, -0.2) is 29.0 Å². The van der Waals surface area contributed by atoms with Gasteiger partial charge in [-0.2, -0.15) is 0 Å². The predicted octanol–water partition coefficient (Wildman–Crippen LogP) is 4.22. The number of nitrogens with zero attached hydrogens (tertiary/aromatic N) is 2. The molecule has 28 heavy (non-hydrogen) atoms.